The summed E-state index contributed by atoms with van der Waals surface area (Å²) in [6, 6.07) is 12.9. The van der Waals surface area contributed by atoms with Crippen molar-refractivity contribution in [3.05, 3.63) is 64.7 Å². The first-order chi connectivity index (χ1) is 17.0. The lowest BCUT2D eigenvalue weighted by molar-refractivity contribution is -0.132. The first kappa shape index (κ1) is 23.5. The Morgan fingerprint density at radius 2 is 1.86 bits per heavy atom. The zero-order valence-electron chi connectivity index (χ0n) is 20.1. The third-order valence-electron chi connectivity index (χ3n) is 7.04. The molecule has 184 valence electrons. The van der Waals surface area contributed by atoms with Crippen molar-refractivity contribution in [2.45, 2.75) is 25.9 Å². The predicted octanol–water partition coefficient (Wildman–Crippen LogP) is 2.56. The Morgan fingerprint density at radius 3 is 2.60 bits per heavy atom. The molecule has 35 heavy (non-hydrogen) atoms. The highest BCUT2D eigenvalue weighted by atomic mass is 16.5. The van der Waals surface area contributed by atoms with Crippen LogP contribution in [0.25, 0.3) is 0 Å². The summed E-state index contributed by atoms with van der Waals surface area (Å²) < 4.78 is 11.3. The first-order valence-electron chi connectivity index (χ1n) is 12.2. The number of nitrogens with zero attached hydrogens (tertiary/aromatic N) is 3. The third-order valence-corrected chi connectivity index (χ3v) is 7.04. The van der Waals surface area contributed by atoms with Crippen molar-refractivity contribution in [2.75, 3.05) is 46.5 Å². The number of fused-ring (bicyclic) bond motifs is 2. The fraction of sp³-hybridized carbons (Fsp3) is 0.444. The second-order valence-corrected chi connectivity index (χ2v) is 9.55. The van der Waals surface area contributed by atoms with E-state index in [0.717, 1.165) is 42.5 Å². The molecule has 3 aliphatic rings. The van der Waals surface area contributed by atoms with Gasteiger partial charge in [-0.05, 0) is 55.1 Å². The molecule has 1 saturated heterocycles. The molecule has 2 aromatic rings. The Kier molecular flexibility index (Phi) is 6.83. The number of carbonyl (C=O) groups excluding carboxylic acids is 3. The van der Waals surface area contributed by atoms with Gasteiger partial charge >= 0.3 is 0 Å². The maximum atomic E-state index is 13.2. The Hall–Kier alpha value is -3.23. The molecule has 0 unspecified atom stereocenters. The van der Waals surface area contributed by atoms with Gasteiger partial charge in [-0.25, -0.2) is 0 Å². The molecule has 3 aliphatic heterocycles. The lowest BCUT2D eigenvalue weighted by atomic mass is 9.98. The minimum atomic E-state index is -0.416. The molecule has 0 bridgehead atoms. The summed E-state index contributed by atoms with van der Waals surface area (Å²) in [6.45, 7) is 4.61. The molecule has 8 heteroatoms. The van der Waals surface area contributed by atoms with Crippen LogP contribution in [0.3, 0.4) is 0 Å². The number of hydrogen-bond acceptors (Lipinski definition) is 6. The van der Waals surface area contributed by atoms with E-state index in [1.54, 1.807) is 36.3 Å². The van der Waals surface area contributed by atoms with Crippen LogP contribution in [0.4, 0.5) is 0 Å². The highest BCUT2D eigenvalue weighted by Gasteiger charge is 2.37. The van der Waals surface area contributed by atoms with Crippen LogP contribution in [-0.4, -0.2) is 78.9 Å². The van der Waals surface area contributed by atoms with Gasteiger partial charge in [0.05, 0.1) is 24.3 Å². The summed E-state index contributed by atoms with van der Waals surface area (Å²) in [4.78, 5) is 43.7. The van der Waals surface area contributed by atoms with Crippen molar-refractivity contribution in [1.29, 1.82) is 0 Å². The summed E-state index contributed by atoms with van der Waals surface area (Å²) in [5.41, 5.74) is 2.83. The SMILES string of the molecule is COC[C@@H]1CCCN(Cc2ccc3c(c2)CN(C(=O)CN2C(=O)c4ccccc4C2=O)CCO3)C1. The van der Waals surface area contributed by atoms with Gasteiger partial charge in [-0.1, -0.05) is 18.2 Å². The highest BCUT2D eigenvalue weighted by Crippen LogP contribution is 2.27. The van der Waals surface area contributed by atoms with Gasteiger partial charge in [0.15, 0.2) is 0 Å². The molecule has 2 aromatic carbocycles. The number of amides is 3. The molecule has 1 atom stereocenters. The topological polar surface area (TPSA) is 79.4 Å². The minimum absolute atomic E-state index is 0.264. The zero-order chi connectivity index (χ0) is 24.4. The lowest BCUT2D eigenvalue weighted by Crippen LogP contribution is -2.43. The van der Waals surface area contributed by atoms with Crippen molar-refractivity contribution >= 4 is 17.7 Å². The number of imide groups is 1. The van der Waals surface area contributed by atoms with Crippen LogP contribution in [0.2, 0.25) is 0 Å². The highest BCUT2D eigenvalue weighted by molar-refractivity contribution is 6.22. The van der Waals surface area contributed by atoms with Crippen LogP contribution in [-0.2, 0) is 22.6 Å². The first-order valence-corrected chi connectivity index (χ1v) is 12.2. The molecule has 0 saturated carbocycles. The minimum Gasteiger partial charge on any atom is -0.491 e. The molecular weight excluding hydrogens is 446 g/mol. The summed E-state index contributed by atoms with van der Waals surface area (Å²) in [5, 5.41) is 0. The van der Waals surface area contributed by atoms with Crippen LogP contribution >= 0.6 is 0 Å². The summed E-state index contributed by atoms with van der Waals surface area (Å²) in [5.74, 6) is 0.246. The molecule has 0 N–H and O–H groups in total. The Labute approximate surface area is 205 Å². The lowest BCUT2D eigenvalue weighted by Gasteiger charge is -2.32. The normalized spacial score (nSPS) is 20.3. The van der Waals surface area contributed by atoms with E-state index in [-0.39, 0.29) is 12.5 Å². The largest absolute Gasteiger partial charge is 0.491 e. The second-order valence-electron chi connectivity index (χ2n) is 9.55. The van der Waals surface area contributed by atoms with Gasteiger partial charge in [0.1, 0.15) is 18.9 Å². The van der Waals surface area contributed by atoms with Crippen molar-refractivity contribution in [3.63, 3.8) is 0 Å². The third kappa shape index (κ3) is 4.94. The van der Waals surface area contributed by atoms with Crippen LogP contribution in [0.1, 0.15) is 44.7 Å². The monoisotopic (exact) mass is 477 g/mol. The molecule has 8 nitrogen and oxygen atoms in total. The van der Waals surface area contributed by atoms with Gasteiger partial charge in [-0.2, -0.15) is 0 Å². The molecule has 3 amide bonds. The summed E-state index contributed by atoms with van der Waals surface area (Å²) >= 11 is 0. The molecule has 3 heterocycles. The van der Waals surface area contributed by atoms with Crippen molar-refractivity contribution < 1.29 is 23.9 Å². The van der Waals surface area contributed by atoms with E-state index in [4.69, 9.17) is 9.47 Å². The van der Waals surface area contributed by atoms with Crippen molar-refractivity contribution in [2.24, 2.45) is 5.92 Å². The standard InChI is InChI=1S/C27H31N3O5/c1-34-18-20-5-4-10-28(15-20)14-19-8-9-24-21(13-19)16-29(11-12-35-24)25(31)17-30-26(32)22-6-2-3-7-23(22)27(30)33/h2-3,6-9,13,20H,4-5,10-12,14-18H2,1H3/t20-/m1/s1. The number of hydrogen-bond donors (Lipinski definition) is 0. The van der Waals surface area contributed by atoms with Crippen LogP contribution < -0.4 is 4.74 Å². The number of piperidine rings is 1. The van der Waals surface area contributed by atoms with Crippen LogP contribution in [0.5, 0.6) is 5.75 Å². The molecule has 1 fully saturated rings. The molecule has 0 aromatic heterocycles. The number of carbonyl (C=O) groups is 3. The van der Waals surface area contributed by atoms with Gasteiger partial charge in [-0.3, -0.25) is 24.2 Å². The number of benzene rings is 2. The van der Waals surface area contributed by atoms with E-state index in [1.807, 2.05) is 6.07 Å². The van der Waals surface area contributed by atoms with Crippen molar-refractivity contribution in [3.8, 4) is 5.75 Å². The van der Waals surface area contributed by atoms with Crippen LogP contribution in [0.15, 0.2) is 42.5 Å². The molecule has 0 spiro atoms. The maximum Gasteiger partial charge on any atom is 0.262 e. The zero-order valence-corrected chi connectivity index (χ0v) is 20.1. The molecule has 0 aliphatic carbocycles. The van der Waals surface area contributed by atoms with Gasteiger partial charge in [0.25, 0.3) is 11.8 Å². The Balaban J connectivity index is 1.25. The number of ether oxygens (including phenoxy) is 2. The predicted molar refractivity (Wildman–Crippen MR) is 129 cm³/mol. The second kappa shape index (κ2) is 10.2. The number of rotatable bonds is 6. The fourth-order valence-electron chi connectivity index (χ4n) is 5.30. The van der Waals surface area contributed by atoms with E-state index in [1.165, 1.54) is 18.4 Å². The Bertz CT molecular complexity index is 1100. The van der Waals surface area contributed by atoms with E-state index < -0.39 is 11.8 Å². The van der Waals surface area contributed by atoms with E-state index in [9.17, 15) is 14.4 Å². The van der Waals surface area contributed by atoms with Crippen molar-refractivity contribution in [1.82, 2.24) is 14.7 Å². The smallest absolute Gasteiger partial charge is 0.262 e. The van der Waals surface area contributed by atoms with Crippen LogP contribution in [0, 0.1) is 5.92 Å². The average molecular weight is 478 g/mol. The summed E-state index contributed by atoms with van der Waals surface area (Å²) in [7, 11) is 1.76. The number of methoxy groups -OCH3 is 1. The summed E-state index contributed by atoms with van der Waals surface area (Å²) in [6.07, 6.45) is 2.37. The maximum absolute atomic E-state index is 13.2. The Morgan fingerprint density at radius 1 is 1.09 bits per heavy atom. The van der Waals surface area contributed by atoms with Gasteiger partial charge < -0.3 is 14.4 Å². The average Bonchev–Trinajstić information content (AvgIpc) is 3.00. The molecule has 0 radical (unpaired) electrons. The molecular formula is C27H31N3O5. The van der Waals surface area contributed by atoms with Gasteiger partial charge in [0.2, 0.25) is 5.91 Å². The van der Waals surface area contributed by atoms with Gasteiger partial charge in [-0.15, -0.1) is 0 Å². The van der Waals surface area contributed by atoms with E-state index in [2.05, 4.69) is 17.0 Å². The fourth-order valence-corrected chi connectivity index (χ4v) is 5.30. The molecule has 5 rings (SSSR count). The van der Waals surface area contributed by atoms with E-state index >= 15 is 0 Å². The van der Waals surface area contributed by atoms with E-state index in [0.29, 0.717) is 36.7 Å². The number of likely N-dealkylation sites (tertiary alicyclic amines) is 1. The van der Waals surface area contributed by atoms with Gasteiger partial charge in [0, 0.05) is 32.3 Å². The quantitative estimate of drug-likeness (QED) is 0.595.